The molecule has 0 radical (unpaired) electrons. The van der Waals surface area contributed by atoms with Crippen molar-refractivity contribution in [3.8, 4) is 0 Å². The Morgan fingerprint density at radius 2 is 0.750 bits per heavy atom. The van der Waals surface area contributed by atoms with E-state index in [-0.39, 0.29) is 0 Å². The Hall–Kier alpha value is -3.67. The van der Waals surface area contributed by atoms with Crippen molar-refractivity contribution in [3.05, 3.63) is 127 Å². The highest BCUT2D eigenvalue weighted by Gasteiger charge is 2.32. The molecule has 6 aromatic carbocycles. The van der Waals surface area contributed by atoms with Crippen molar-refractivity contribution in [2.24, 2.45) is 0 Å². The number of hydrogen-bond acceptors (Lipinski definition) is 1. The molecule has 0 aliphatic carbocycles. The number of fused-ring (bicyclic) bond motifs is 6. The van der Waals surface area contributed by atoms with Gasteiger partial charge in [0.15, 0.2) is 7.14 Å². The van der Waals surface area contributed by atoms with Gasteiger partial charge in [-0.1, -0.05) is 127 Å². The van der Waals surface area contributed by atoms with E-state index in [1.807, 2.05) is 60.7 Å². The van der Waals surface area contributed by atoms with Crippen LogP contribution in [0.25, 0.3) is 32.3 Å². The number of rotatable bonds is 3. The smallest absolute Gasteiger partial charge is 0.171 e. The zero-order chi connectivity index (χ0) is 21.5. The van der Waals surface area contributed by atoms with Crippen LogP contribution < -0.4 is 15.9 Å². The molecule has 6 rings (SSSR count). The molecule has 0 atom stereocenters. The third kappa shape index (κ3) is 2.75. The van der Waals surface area contributed by atoms with Crippen LogP contribution in [-0.4, -0.2) is 0 Å². The maximum absolute atomic E-state index is 15.2. The highest BCUT2D eigenvalue weighted by atomic mass is 31.2. The summed E-state index contributed by atoms with van der Waals surface area (Å²) >= 11 is 0. The molecule has 0 saturated heterocycles. The molecule has 152 valence electrons. The summed E-state index contributed by atoms with van der Waals surface area (Å²) in [5.41, 5.74) is 0. The maximum Gasteiger partial charge on any atom is 0.171 e. The van der Waals surface area contributed by atoms with E-state index in [0.29, 0.717) is 0 Å². The first-order valence-corrected chi connectivity index (χ1v) is 12.5. The molecule has 0 bridgehead atoms. The van der Waals surface area contributed by atoms with Crippen molar-refractivity contribution in [1.82, 2.24) is 0 Å². The van der Waals surface area contributed by atoms with E-state index in [1.165, 1.54) is 16.2 Å². The van der Waals surface area contributed by atoms with Crippen LogP contribution in [0.15, 0.2) is 127 Å². The minimum absolute atomic E-state index is 0.857. The maximum atomic E-state index is 15.2. The van der Waals surface area contributed by atoms with Gasteiger partial charge in [0.05, 0.1) is 0 Å². The molecule has 0 aliphatic heterocycles. The zero-order valence-corrected chi connectivity index (χ0v) is 18.4. The Morgan fingerprint density at radius 3 is 1.25 bits per heavy atom. The lowest BCUT2D eigenvalue weighted by Gasteiger charge is -2.23. The Balaban J connectivity index is 1.85. The number of hydrogen-bond donors (Lipinski definition) is 0. The summed E-state index contributed by atoms with van der Waals surface area (Å²) in [7, 11) is -3.10. The molecular formula is C30H21OP. The van der Waals surface area contributed by atoms with Crippen LogP contribution in [0.1, 0.15) is 0 Å². The van der Waals surface area contributed by atoms with Gasteiger partial charge in [-0.3, -0.25) is 0 Å². The fourth-order valence-corrected chi connectivity index (χ4v) is 7.79. The van der Waals surface area contributed by atoms with Gasteiger partial charge < -0.3 is 4.57 Å². The molecule has 0 fully saturated rings. The summed E-state index contributed by atoms with van der Waals surface area (Å²) in [5.74, 6) is 0. The molecule has 0 unspecified atom stereocenters. The monoisotopic (exact) mass is 428 g/mol. The second-order valence-electron chi connectivity index (χ2n) is 8.07. The summed E-state index contributed by atoms with van der Waals surface area (Å²) in [6, 6.07) is 43.1. The zero-order valence-electron chi connectivity index (χ0n) is 17.5. The van der Waals surface area contributed by atoms with Gasteiger partial charge in [-0.25, -0.2) is 0 Å². The predicted octanol–water partition coefficient (Wildman–Crippen LogP) is 6.79. The third-order valence-electron chi connectivity index (χ3n) is 6.33. The highest BCUT2D eigenvalue weighted by molar-refractivity contribution is 7.85. The van der Waals surface area contributed by atoms with Crippen LogP contribution >= 0.6 is 7.14 Å². The van der Waals surface area contributed by atoms with E-state index < -0.39 is 7.14 Å². The van der Waals surface area contributed by atoms with E-state index in [9.17, 15) is 0 Å². The summed E-state index contributed by atoms with van der Waals surface area (Å²) in [5, 5.41) is 9.58. The summed E-state index contributed by atoms with van der Waals surface area (Å²) in [6.07, 6.45) is 0. The first-order chi connectivity index (χ1) is 15.8. The second kappa shape index (κ2) is 7.48. The lowest BCUT2D eigenvalue weighted by atomic mass is 9.94. The minimum atomic E-state index is -3.10. The number of benzene rings is 6. The van der Waals surface area contributed by atoms with Gasteiger partial charge in [0.2, 0.25) is 0 Å². The Morgan fingerprint density at radius 1 is 0.375 bits per heavy atom. The molecule has 6 aromatic rings. The fourth-order valence-electron chi connectivity index (χ4n) is 4.90. The van der Waals surface area contributed by atoms with Crippen LogP contribution in [-0.2, 0) is 4.57 Å². The van der Waals surface area contributed by atoms with E-state index in [0.717, 1.165) is 32.1 Å². The van der Waals surface area contributed by atoms with Gasteiger partial charge in [0.1, 0.15) is 0 Å². The molecule has 0 aliphatic rings. The molecule has 1 nitrogen and oxygen atoms in total. The Kier molecular flexibility index (Phi) is 4.45. The average molecular weight is 428 g/mol. The summed E-state index contributed by atoms with van der Waals surface area (Å²) < 4.78 is 15.2. The average Bonchev–Trinajstić information content (AvgIpc) is 2.89. The van der Waals surface area contributed by atoms with Crippen molar-refractivity contribution in [2.45, 2.75) is 0 Å². The van der Waals surface area contributed by atoms with Crippen LogP contribution in [0.4, 0.5) is 0 Å². The Labute approximate surface area is 187 Å². The molecule has 0 spiro atoms. The standard InChI is InChI=1S/C30H21OP/c31-32(22-12-3-1-4-13-22,23-14-5-2-6-15-23)29-21-11-20-28-26-17-8-7-16-24(26)25-18-9-10-19-27(25)30(28)29/h1-21H. The van der Waals surface area contributed by atoms with E-state index in [1.54, 1.807) is 0 Å². The van der Waals surface area contributed by atoms with E-state index >= 15 is 4.57 Å². The first kappa shape index (κ1) is 19.0. The summed E-state index contributed by atoms with van der Waals surface area (Å²) in [4.78, 5) is 0. The highest BCUT2D eigenvalue weighted by Crippen LogP contribution is 2.46. The van der Waals surface area contributed by atoms with E-state index in [2.05, 4.69) is 66.7 Å². The molecule has 0 saturated carbocycles. The van der Waals surface area contributed by atoms with Crippen molar-refractivity contribution in [2.75, 3.05) is 0 Å². The van der Waals surface area contributed by atoms with Crippen molar-refractivity contribution in [1.29, 1.82) is 0 Å². The molecule has 32 heavy (non-hydrogen) atoms. The van der Waals surface area contributed by atoms with Crippen molar-refractivity contribution in [3.63, 3.8) is 0 Å². The first-order valence-electron chi connectivity index (χ1n) is 10.8. The Bertz CT molecular complexity index is 1550. The van der Waals surface area contributed by atoms with E-state index in [4.69, 9.17) is 0 Å². The third-order valence-corrected chi connectivity index (χ3v) is 9.43. The SMILES string of the molecule is O=P(c1ccccc1)(c1ccccc1)c1cccc2c3ccccc3c3ccccc3c12. The molecule has 0 amide bonds. The van der Waals surface area contributed by atoms with Crippen LogP contribution in [0, 0.1) is 0 Å². The quantitative estimate of drug-likeness (QED) is 0.224. The van der Waals surface area contributed by atoms with Crippen LogP contribution in [0.2, 0.25) is 0 Å². The van der Waals surface area contributed by atoms with Gasteiger partial charge in [0, 0.05) is 21.3 Å². The molecule has 0 heterocycles. The normalized spacial score (nSPS) is 11.9. The van der Waals surface area contributed by atoms with Crippen LogP contribution in [0.5, 0.6) is 0 Å². The van der Waals surface area contributed by atoms with Crippen molar-refractivity contribution >= 4 is 55.4 Å². The van der Waals surface area contributed by atoms with Gasteiger partial charge in [0.25, 0.3) is 0 Å². The predicted molar refractivity (Wildman–Crippen MR) is 138 cm³/mol. The van der Waals surface area contributed by atoms with Gasteiger partial charge in [-0.2, -0.15) is 0 Å². The lowest BCUT2D eigenvalue weighted by Crippen LogP contribution is -2.25. The molecule has 0 N–H and O–H groups in total. The largest absolute Gasteiger partial charge is 0.309 e. The van der Waals surface area contributed by atoms with Gasteiger partial charge in [-0.15, -0.1) is 0 Å². The van der Waals surface area contributed by atoms with Crippen LogP contribution in [0.3, 0.4) is 0 Å². The topological polar surface area (TPSA) is 17.1 Å². The van der Waals surface area contributed by atoms with Gasteiger partial charge >= 0.3 is 0 Å². The molecule has 2 heteroatoms. The molecule has 0 aromatic heterocycles. The lowest BCUT2D eigenvalue weighted by molar-refractivity contribution is 0.592. The fraction of sp³-hybridized carbons (Fsp3) is 0. The second-order valence-corrected chi connectivity index (χ2v) is 10.8. The summed E-state index contributed by atoms with van der Waals surface area (Å²) in [6.45, 7) is 0. The molecular weight excluding hydrogens is 407 g/mol. The van der Waals surface area contributed by atoms with Crippen molar-refractivity contribution < 1.29 is 4.57 Å². The minimum Gasteiger partial charge on any atom is -0.309 e. The van der Waals surface area contributed by atoms with Gasteiger partial charge in [-0.05, 0) is 26.9 Å².